The molecular weight excluding hydrogens is 360 g/mol. The maximum absolute atomic E-state index is 12.0. The molecule has 0 atom stereocenters. The minimum Gasteiger partial charge on any atom is -0.355 e. The second-order valence-electron chi connectivity index (χ2n) is 5.94. The second-order valence-corrected chi connectivity index (χ2v) is 8.44. The lowest BCUT2D eigenvalue weighted by Gasteiger charge is -2.06. The smallest absolute Gasteiger partial charge is 0.238 e. The molecular formula is C16H22N4O3S2. The van der Waals surface area contributed by atoms with Gasteiger partial charge in [0.1, 0.15) is 5.01 Å². The molecule has 1 aromatic heterocycles. The van der Waals surface area contributed by atoms with Crippen LogP contribution >= 0.6 is 11.3 Å². The fourth-order valence-corrected chi connectivity index (χ4v) is 3.62. The van der Waals surface area contributed by atoms with E-state index in [-0.39, 0.29) is 17.2 Å². The van der Waals surface area contributed by atoms with Gasteiger partial charge in [0, 0.05) is 18.5 Å². The van der Waals surface area contributed by atoms with E-state index in [1.54, 1.807) is 23.5 Å². The van der Waals surface area contributed by atoms with Gasteiger partial charge in [0.15, 0.2) is 0 Å². The number of hydrogen-bond acceptors (Lipinski definition) is 6. The van der Waals surface area contributed by atoms with Crippen molar-refractivity contribution in [2.75, 3.05) is 20.6 Å². The van der Waals surface area contributed by atoms with Crippen molar-refractivity contribution in [2.45, 2.75) is 24.3 Å². The van der Waals surface area contributed by atoms with Gasteiger partial charge < -0.3 is 10.2 Å². The van der Waals surface area contributed by atoms with Crippen LogP contribution in [-0.2, 0) is 34.2 Å². The standard InChI is InChI=1S/C16H22N4O3S2/c1-20(2)10-16-19-13(11-24-16)9-15(21)18-8-7-12-3-5-14(6-4-12)25(17,22)23/h3-6,11H,7-10H2,1-2H3,(H,18,21)(H2,17,22,23). The minimum atomic E-state index is -3.67. The summed E-state index contributed by atoms with van der Waals surface area (Å²) in [6, 6.07) is 6.32. The van der Waals surface area contributed by atoms with E-state index in [2.05, 4.69) is 10.3 Å². The van der Waals surface area contributed by atoms with E-state index in [1.807, 2.05) is 24.4 Å². The minimum absolute atomic E-state index is 0.0807. The normalized spacial score (nSPS) is 11.7. The number of carbonyl (C=O) groups is 1. The first-order chi connectivity index (χ1) is 11.7. The number of aromatic nitrogens is 1. The summed E-state index contributed by atoms with van der Waals surface area (Å²) in [6.45, 7) is 1.24. The van der Waals surface area contributed by atoms with E-state index in [9.17, 15) is 13.2 Å². The Morgan fingerprint density at radius 3 is 2.56 bits per heavy atom. The zero-order chi connectivity index (χ0) is 18.4. The third-order valence-electron chi connectivity index (χ3n) is 3.38. The lowest BCUT2D eigenvalue weighted by molar-refractivity contribution is -0.120. The van der Waals surface area contributed by atoms with Crippen LogP contribution < -0.4 is 10.5 Å². The Hall–Kier alpha value is -1.81. The summed E-state index contributed by atoms with van der Waals surface area (Å²) in [5, 5.41) is 10.8. The molecule has 0 unspecified atom stereocenters. The number of hydrogen-bond donors (Lipinski definition) is 2. The van der Waals surface area contributed by atoms with Crippen molar-refractivity contribution in [2.24, 2.45) is 5.14 Å². The van der Waals surface area contributed by atoms with E-state index < -0.39 is 10.0 Å². The molecule has 9 heteroatoms. The Morgan fingerprint density at radius 2 is 1.96 bits per heavy atom. The van der Waals surface area contributed by atoms with E-state index in [1.165, 1.54) is 12.1 Å². The molecule has 0 fully saturated rings. The Labute approximate surface area is 151 Å². The lowest BCUT2D eigenvalue weighted by atomic mass is 10.1. The fraction of sp³-hybridized carbons (Fsp3) is 0.375. The van der Waals surface area contributed by atoms with Crippen molar-refractivity contribution in [1.82, 2.24) is 15.2 Å². The SMILES string of the molecule is CN(C)Cc1nc(CC(=O)NCCc2ccc(S(N)(=O)=O)cc2)cs1. The highest BCUT2D eigenvalue weighted by Gasteiger charge is 2.09. The highest BCUT2D eigenvalue weighted by Crippen LogP contribution is 2.12. The van der Waals surface area contributed by atoms with Crippen LogP contribution in [-0.4, -0.2) is 44.8 Å². The van der Waals surface area contributed by atoms with Gasteiger partial charge in [-0.05, 0) is 38.2 Å². The number of sulfonamides is 1. The highest BCUT2D eigenvalue weighted by molar-refractivity contribution is 7.89. The van der Waals surface area contributed by atoms with Gasteiger partial charge in [-0.2, -0.15) is 0 Å². The molecule has 2 rings (SSSR count). The predicted octanol–water partition coefficient (Wildman–Crippen LogP) is 0.754. The Balaban J connectivity index is 1.77. The quantitative estimate of drug-likeness (QED) is 0.701. The van der Waals surface area contributed by atoms with Crippen LogP contribution in [0.5, 0.6) is 0 Å². The first kappa shape index (κ1) is 19.5. The summed E-state index contributed by atoms with van der Waals surface area (Å²) in [6.07, 6.45) is 0.869. The lowest BCUT2D eigenvalue weighted by Crippen LogP contribution is -2.27. The highest BCUT2D eigenvalue weighted by atomic mass is 32.2. The number of rotatable bonds is 8. The van der Waals surface area contributed by atoms with Gasteiger partial charge in [-0.3, -0.25) is 4.79 Å². The predicted molar refractivity (Wildman–Crippen MR) is 97.7 cm³/mol. The number of nitrogens with two attached hydrogens (primary N) is 1. The van der Waals surface area contributed by atoms with Crippen LogP contribution in [0.15, 0.2) is 34.5 Å². The molecule has 1 heterocycles. The number of nitrogens with one attached hydrogen (secondary N) is 1. The number of carbonyl (C=O) groups excluding carboxylic acids is 1. The second kappa shape index (κ2) is 8.52. The number of thiazole rings is 1. The zero-order valence-electron chi connectivity index (χ0n) is 14.2. The van der Waals surface area contributed by atoms with Crippen LogP contribution in [0.25, 0.3) is 0 Å². The van der Waals surface area contributed by atoms with Crippen LogP contribution in [0.2, 0.25) is 0 Å². The van der Waals surface area contributed by atoms with E-state index in [4.69, 9.17) is 5.14 Å². The number of benzene rings is 1. The molecule has 0 saturated heterocycles. The van der Waals surface area contributed by atoms with Gasteiger partial charge in [-0.25, -0.2) is 18.5 Å². The Kier molecular flexibility index (Phi) is 6.65. The third kappa shape index (κ3) is 6.54. The summed E-state index contributed by atoms with van der Waals surface area (Å²) in [5.41, 5.74) is 1.70. The maximum atomic E-state index is 12.0. The van der Waals surface area contributed by atoms with Crippen LogP contribution in [0, 0.1) is 0 Å². The molecule has 1 amide bonds. The number of nitrogens with zero attached hydrogens (tertiary/aromatic N) is 2. The van der Waals surface area contributed by atoms with E-state index >= 15 is 0 Å². The molecule has 0 saturated carbocycles. The molecule has 0 bridgehead atoms. The molecule has 0 aliphatic rings. The maximum Gasteiger partial charge on any atom is 0.238 e. The molecule has 7 nitrogen and oxygen atoms in total. The molecule has 136 valence electrons. The van der Waals surface area contributed by atoms with Crippen molar-refractivity contribution >= 4 is 27.3 Å². The molecule has 1 aromatic carbocycles. The molecule has 3 N–H and O–H groups in total. The monoisotopic (exact) mass is 382 g/mol. The van der Waals surface area contributed by atoms with Crippen molar-refractivity contribution in [3.8, 4) is 0 Å². The van der Waals surface area contributed by atoms with Gasteiger partial charge in [0.2, 0.25) is 15.9 Å². The van der Waals surface area contributed by atoms with Gasteiger partial charge in [0.25, 0.3) is 0 Å². The summed E-state index contributed by atoms with van der Waals surface area (Å²) >= 11 is 1.55. The Morgan fingerprint density at radius 1 is 1.28 bits per heavy atom. The molecule has 2 aromatic rings. The average Bonchev–Trinajstić information content (AvgIpc) is 2.93. The van der Waals surface area contributed by atoms with Crippen molar-refractivity contribution in [1.29, 1.82) is 0 Å². The van der Waals surface area contributed by atoms with Crippen molar-refractivity contribution < 1.29 is 13.2 Å². The van der Waals surface area contributed by atoms with Crippen LogP contribution in [0.4, 0.5) is 0 Å². The van der Waals surface area contributed by atoms with Crippen molar-refractivity contribution in [3.63, 3.8) is 0 Å². The molecule has 0 radical (unpaired) electrons. The van der Waals surface area contributed by atoms with E-state index in [0.29, 0.717) is 13.0 Å². The average molecular weight is 383 g/mol. The van der Waals surface area contributed by atoms with Gasteiger partial charge >= 0.3 is 0 Å². The largest absolute Gasteiger partial charge is 0.355 e. The summed E-state index contributed by atoms with van der Waals surface area (Å²) in [5.74, 6) is -0.0807. The summed E-state index contributed by atoms with van der Waals surface area (Å²) in [7, 11) is 0.278. The molecule has 0 aliphatic carbocycles. The van der Waals surface area contributed by atoms with Crippen molar-refractivity contribution in [3.05, 3.63) is 45.9 Å². The fourth-order valence-electron chi connectivity index (χ4n) is 2.19. The van der Waals surface area contributed by atoms with E-state index in [0.717, 1.165) is 22.8 Å². The zero-order valence-corrected chi connectivity index (χ0v) is 15.9. The topological polar surface area (TPSA) is 105 Å². The van der Waals surface area contributed by atoms with Crippen LogP contribution in [0.1, 0.15) is 16.3 Å². The number of amides is 1. The summed E-state index contributed by atoms with van der Waals surface area (Å²) < 4.78 is 22.4. The Bertz CT molecular complexity index is 814. The third-order valence-corrected chi connectivity index (χ3v) is 5.19. The molecule has 25 heavy (non-hydrogen) atoms. The first-order valence-electron chi connectivity index (χ1n) is 7.70. The van der Waals surface area contributed by atoms with Gasteiger partial charge in [-0.15, -0.1) is 11.3 Å². The van der Waals surface area contributed by atoms with Gasteiger partial charge in [0.05, 0.1) is 17.0 Å². The van der Waals surface area contributed by atoms with Crippen LogP contribution in [0.3, 0.4) is 0 Å². The first-order valence-corrected chi connectivity index (χ1v) is 10.1. The summed E-state index contributed by atoms with van der Waals surface area (Å²) in [4.78, 5) is 18.5. The number of primary sulfonamides is 1. The van der Waals surface area contributed by atoms with Gasteiger partial charge in [-0.1, -0.05) is 12.1 Å². The molecule has 0 spiro atoms. The molecule has 0 aliphatic heterocycles.